The number of non-ortho nitro benzene ring substituents is 1. The van der Waals surface area contributed by atoms with Gasteiger partial charge in [0.15, 0.2) is 0 Å². The van der Waals surface area contributed by atoms with Gasteiger partial charge in [-0.25, -0.2) is 4.79 Å². The number of hydrogen-bond donors (Lipinski definition) is 0. The molecular formula is C24H31BrN2O6. The number of nitro benzene ring substituents is 1. The second kappa shape index (κ2) is 13.2. The zero-order valence-electron chi connectivity index (χ0n) is 19.3. The fourth-order valence-corrected chi connectivity index (χ4v) is 4.47. The Morgan fingerprint density at radius 1 is 1.12 bits per heavy atom. The Bertz CT molecular complexity index is 927. The Morgan fingerprint density at radius 3 is 2.42 bits per heavy atom. The minimum absolute atomic E-state index is 0.124. The molecule has 1 heterocycles. The Hall–Kier alpha value is -2.55. The number of halogens is 1. The zero-order valence-corrected chi connectivity index (χ0v) is 20.9. The fraction of sp³-hybridized carbons (Fsp3) is 0.542. The Balaban J connectivity index is 2.24. The van der Waals surface area contributed by atoms with Gasteiger partial charge >= 0.3 is 11.9 Å². The molecule has 1 aliphatic rings. The summed E-state index contributed by atoms with van der Waals surface area (Å²) in [6.45, 7) is 3.64. The maximum absolute atomic E-state index is 13.1. The number of esters is 2. The third kappa shape index (κ3) is 7.22. The summed E-state index contributed by atoms with van der Waals surface area (Å²) in [6, 6.07) is 5.95. The third-order valence-electron chi connectivity index (χ3n) is 5.70. The minimum atomic E-state index is -0.877. The molecule has 0 N–H and O–H groups in total. The zero-order chi connectivity index (χ0) is 24.4. The maximum Gasteiger partial charge on any atom is 0.336 e. The maximum atomic E-state index is 13.1. The van der Waals surface area contributed by atoms with Crippen molar-refractivity contribution in [2.24, 2.45) is 10.9 Å². The van der Waals surface area contributed by atoms with E-state index in [1.165, 1.54) is 31.7 Å². The molecule has 180 valence electrons. The van der Waals surface area contributed by atoms with Crippen LogP contribution in [0, 0.1) is 16.0 Å². The first-order valence-corrected chi connectivity index (χ1v) is 12.2. The van der Waals surface area contributed by atoms with Crippen molar-refractivity contribution in [1.29, 1.82) is 0 Å². The molecule has 1 aliphatic heterocycles. The van der Waals surface area contributed by atoms with Crippen molar-refractivity contribution >= 4 is 39.3 Å². The van der Waals surface area contributed by atoms with Crippen LogP contribution in [0.25, 0.3) is 0 Å². The lowest BCUT2D eigenvalue weighted by molar-refractivity contribution is -0.384. The molecule has 33 heavy (non-hydrogen) atoms. The number of alkyl halides is 1. The number of carbonyl (C=O) groups excluding carboxylic acids is 2. The summed E-state index contributed by atoms with van der Waals surface area (Å²) in [5.74, 6) is -2.79. The van der Waals surface area contributed by atoms with E-state index in [9.17, 15) is 19.7 Å². The monoisotopic (exact) mass is 522 g/mol. The molecule has 0 spiro atoms. The second-order valence-corrected chi connectivity index (χ2v) is 8.82. The van der Waals surface area contributed by atoms with Crippen LogP contribution in [0.2, 0.25) is 0 Å². The van der Waals surface area contributed by atoms with E-state index in [1.54, 1.807) is 19.9 Å². The van der Waals surface area contributed by atoms with Crippen molar-refractivity contribution in [3.05, 3.63) is 51.2 Å². The summed E-state index contributed by atoms with van der Waals surface area (Å²) in [4.78, 5) is 41.0. The van der Waals surface area contributed by atoms with Gasteiger partial charge in [0.25, 0.3) is 5.69 Å². The van der Waals surface area contributed by atoms with E-state index in [4.69, 9.17) is 9.47 Å². The van der Waals surface area contributed by atoms with Crippen molar-refractivity contribution in [2.75, 3.05) is 19.0 Å². The molecule has 2 unspecified atom stereocenters. The normalized spacial score (nSPS) is 18.0. The highest BCUT2D eigenvalue weighted by atomic mass is 79.9. The van der Waals surface area contributed by atoms with Crippen LogP contribution in [0.15, 0.2) is 40.5 Å². The number of hydrogen-bond acceptors (Lipinski definition) is 7. The summed E-state index contributed by atoms with van der Waals surface area (Å²) in [5, 5.41) is 12.3. The van der Waals surface area contributed by atoms with E-state index in [0.29, 0.717) is 17.0 Å². The van der Waals surface area contributed by atoms with Gasteiger partial charge in [0, 0.05) is 34.8 Å². The van der Waals surface area contributed by atoms with Gasteiger partial charge in [0.1, 0.15) is 5.92 Å². The van der Waals surface area contributed by atoms with Gasteiger partial charge in [0.05, 0.1) is 24.2 Å². The molecule has 2 rings (SSSR count). The van der Waals surface area contributed by atoms with Crippen LogP contribution in [-0.4, -0.2) is 41.6 Å². The summed E-state index contributed by atoms with van der Waals surface area (Å²) in [6.07, 6.45) is 6.27. The molecule has 9 heteroatoms. The lowest BCUT2D eigenvalue weighted by atomic mass is 9.75. The van der Waals surface area contributed by atoms with E-state index in [1.807, 2.05) is 0 Å². The molecule has 1 aromatic rings. The minimum Gasteiger partial charge on any atom is -0.468 e. The predicted molar refractivity (Wildman–Crippen MR) is 130 cm³/mol. The summed E-state index contributed by atoms with van der Waals surface area (Å²) in [7, 11) is 1.27. The molecule has 0 fully saturated rings. The number of rotatable bonds is 12. The fourth-order valence-electron chi connectivity index (χ4n) is 4.07. The standard InChI is InChI=1S/C24H31BrN2O6/c1-16-20(23(28)32-3)22(18-11-10-12-19(15-18)27(30)31)21(17(2)26-16)24(29)33-14-9-7-5-4-6-8-13-25/h10-12,15,20,22H,4-9,13-14H2,1-3H3. The van der Waals surface area contributed by atoms with E-state index >= 15 is 0 Å². The first-order chi connectivity index (χ1) is 15.8. The van der Waals surface area contributed by atoms with Crippen molar-refractivity contribution in [2.45, 2.75) is 58.3 Å². The summed E-state index contributed by atoms with van der Waals surface area (Å²) >= 11 is 3.42. The van der Waals surface area contributed by atoms with Crippen LogP contribution < -0.4 is 0 Å². The smallest absolute Gasteiger partial charge is 0.336 e. The number of nitro groups is 1. The lowest BCUT2D eigenvalue weighted by Crippen LogP contribution is -2.36. The third-order valence-corrected chi connectivity index (χ3v) is 6.27. The topological polar surface area (TPSA) is 108 Å². The van der Waals surface area contributed by atoms with Gasteiger partial charge in [-0.05, 0) is 32.3 Å². The second-order valence-electron chi connectivity index (χ2n) is 8.03. The summed E-state index contributed by atoms with van der Waals surface area (Å²) < 4.78 is 10.5. The van der Waals surface area contributed by atoms with Crippen LogP contribution in [0.4, 0.5) is 5.69 Å². The highest BCUT2D eigenvalue weighted by molar-refractivity contribution is 9.09. The molecule has 0 amide bonds. The van der Waals surface area contributed by atoms with Gasteiger partial charge in [-0.2, -0.15) is 0 Å². The highest BCUT2D eigenvalue weighted by Crippen LogP contribution is 2.40. The van der Waals surface area contributed by atoms with E-state index in [-0.39, 0.29) is 17.9 Å². The number of methoxy groups -OCH3 is 1. The van der Waals surface area contributed by atoms with E-state index in [0.717, 1.165) is 37.4 Å². The molecule has 0 aliphatic carbocycles. The summed E-state index contributed by atoms with van der Waals surface area (Å²) in [5.41, 5.74) is 1.49. The largest absolute Gasteiger partial charge is 0.468 e. The van der Waals surface area contributed by atoms with Gasteiger partial charge in [-0.1, -0.05) is 53.7 Å². The van der Waals surface area contributed by atoms with Crippen molar-refractivity contribution in [3.8, 4) is 0 Å². The quantitative estimate of drug-likeness (QED) is 0.118. The number of allylic oxidation sites excluding steroid dienone is 1. The SMILES string of the molecule is COC(=O)C1C(C)=NC(C)=C(C(=O)OCCCCCCCCBr)C1c1cccc([N+](=O)[O-])c1. The van der Waals surface area contributed by atoms with Crippen LogP contribution in [0.3, 0.4) is 0 Å². The average Bonchev–Trinajstić information content (AvgIpc) is 2.79. The molecule has 8 nitrogen and oxygen atoms in total. The van der Waals surface area contributed by atoms with Gasteiger partial charge in [-0.3, -0.25) is 19.9 Å². The molecule has 1 aromatic carbocycles. The van der Waals surface area contributed by atoms with Crippen LogP contribution in [0.5, 0.6) is 0 Å². The number of ether oxygens (including phenoxy) is 2. The molecule has 0 bridgehead atoms. The Morgan fingerprint density at radius 2 is 1.79 bits per heavy atom. The van der Waals surface area contributed by atoms with Crippen molar-refractivity contribution < 1.29 is 24.0 Å². The number of aliphatic imine (C=N–C) groups is 1. The van der Waals surface area contributed by atoms with Gasteiger partial charge < -0.3 is 9.47 Å². The van der Waals surface area contributed by atoms with Gasteiger partial charge in [0.2, 0.25) is 0 Å². The van der Waals surface area contributed by atoms with Crippen LogP contribution >= 0.6 is 15.9 Å². The van der Waals surface area contributed by atoms with E-state index < -0.39 is 28.7 Å². The molecule has 0 saturated carbocycles. The van der Waals surface area contributed by atoms with Crippen molar-refractivity contribution in [3.63, 3.8) is 0 Å². The Kier molecular flexibility index (Phi) is 10.7. The lowest BCUT2D eigenvalue weighted by Gasteiger charge is -2.31. The van der Waals surface area contributed by atoms with E-state index in [2.05, 4.69) is 20.9 Å². The first-order valence-electron chi connectivity index (χ1n) is 11.1. The Labute approximate surface area is 202 Å². The number of carbonyl (C=O) groups is 2. The molecule has 0 saturated heterocycles. The highest BCUT2D eigenvalue weighted by Gasteiger charge is 2.42. The van der Waals surface area contributed by atoms with Crippen LogP contribution in [0.1, 0.15) is 63.9 Å². The van der Waals surface area contributed by atoms with Crippen LogP contribution in [-0.2, 0) is 19.1 Å². The van der Waals surface area contributed by atoms with Crippen molar-refractivity contribution in [1.82, 2.24) is 0 Å². The molecule has 2 atom stereocenters. The van der Waals surface area contributed by atoms with Gasteiger partial charge in [-0.15, -0.1) is 0 Å². The molecular weight excluding hydrogens is 492 g/mol. The molecule has 0 aromatic heterocycles. The number of benzene rings is 1. The predicted octanol–water partition coefficient (Wildman–Crippen LogP) is 5.49. The number of unbranched alkanes of at least 4 members (excludes halogenated alkanes) is 5. The molecule has 0 radical (unpaired) electrons. The first kappa shape index (κ1) is 26.7. The number of nitrogens with zero attached hydrogens (tertiary/aromatic N) is 2. The average molecular weight is 523 g/mol.